The van der Waals surface area contributed by atoms with E-state index in [1.54, 1.807) is 29.8 Å². The number of hydrogen-bond acceptors (Lipinski definition) is 5. The van der Waals surface area contributed by atoms with E-state index in [-0.39, 0.29) is 0 Å². The Morgan fingerprint density at radius 2 is 1.95 bits per heavy atom. The lowest BCUT2D eigenvalue weighted by Crippen LogP contribution is -2.16. The molecule has 0 atom stereocenters. The van der Waals surface area contributed by atoms with E-state index in [0.717, 1.165) is 26.9 Å². The van der Waals surface area contributed by atoms with E-state index in [2.05, 4.69) is 57.1 Å². The van der Waals surface area contributed by atoms with Crippen LogP contribution in [0.1, 0.15) is 11.8 Å². The molecule has 114 valence electrons. The number of aromatic nitrogens is 2. The molecule has 4 nitrogen and oxygen atoms in total. The Bertz CT molecular complexity index is 801. The van der Waals surface area contributed by atoms with Gasteiger partial charge in [-0.2, -0.15) is 0 Å². The molecular formula is C16H16BrN3OS. The van der Waals surface area contributed by atoms with Crippen molar-refractivity contribution in [2.75, 3.05) is 19.2 Å². The zero-order valence-corrected chi connectivity index (χ0v) is 15.0. The standard InChI is InChI=1S/C16H16BrN3OS/c1-4-12-13(10-5-7-11(17)8-6-10)14-15(20(2)21-3)18-9-19-16(14)22-12/h5-9H,4H2,1-3H3. The number of fused-ring (bicyclic) bond motifs is 1. The number of rotatable bonds is 4. The molecule has 0 saturated carbocycles. The van der Waals surface area contributed by atoms with Crippen LogP contribution in [0, 0.1) is 0 Å². The summed E-state index contributed by atoms with van der Waals surface area (Å²) in [6.45, 7) is 2.17. The van der Waals surface area contributed by atoms with Crippen LogP contribution in [-0.4, -0.2) is 24.1 Å². The lowest BCUT2D eigenvalue weighted by Gasteiger charge is -2.16. The molecule has 0 bridgehead atoms. The maximum absolute atomic E-state index is 5.34. The number of hydrogen-bond donors (Lipinski definition) is 0. The maximum atomic E-state index is 5.34. The van der Waals surface area contributed by atoms with Crippen molar-refractivity contribution in [3.8, 4) is 11.1 Å². The molecule has 0 amide bonds. The number of nitrogens with zero attached hydrogens (tertiary/aromatic N) is 3. The zero-order valence-electron chi connectivity index (χ0n) is 12.6. The first kappa shape index (κ1) is 15.4. The molecule has 3 rings (SSSR count). The molecule has 0 spiro atoms. The molecule has 1 aromatic carbocycles. The lowest BCUT2D eigenvalue weighted by molar-refractivity contribution is 0.183. The van der Waals surface area contributed by atoms with Crippen LogP contribution < -0.4 is 5.06 Å². The monoisotopic (exact) mass is 377 g/mol. The molecule has 6 heteroatoms. The topological polar surface area (TPSA) is 38.2 Å². The van der Waals surface area contributed by atoms with Crippen molar-refractivity contribution >= 4 is 43.3 Å². The van der Waals surface area contributed by atoms with Crippen molar-refractivity contribution in [1.82, 2.24) is 9.97 Å². The molecule has 0 fully saturated rings. The van der Waals surface area contributed by atoms with Crippen LogP contribution in [0.5, 0.6) is 0 Å². The highest BCUT2D eigenvalue weighted by molar-refractivity contribution is 9.10. The van der Waals surface area contributed by atoms with E-state index in [4.69, 9.17) is 4.84 Å². The van der Waals surface area contributed by atoms with Gasteiger partial charge in [-0.05, 0) is 24.1 Å². The van der Waals surface area contributed by atoms with Crippen molar-refractivity contribution in [3.05, 3.63) is 39.9 Å². The van der Waals surface area contributed by atoms with Gasteiger partial charge in [-0.3, -0.25) is 4.84 Å². The Balaban J connectivity index is 2.33. The highest BCUT2D eigenvalue weighted by Gasteiger charge is 2.19. The number of aryl methyl sites for hydroxylation is 1. The summed E-state index contributed by atoms with van der Waals surface area (Å²) in [4.78, 5) is 16.5. The van der Waals surface area contributed by atoms with E-state index in [1.807, 2.05) is 7.05 Å². The van der Waals surface area contributed by atoms with Gasteiger partial charge in [0.1, 0.15) is 11.2 Å². The van der Waals surface area contributed by atoms with Gasteiger partial charge in [-0.15, -0.1) is 11.3 Å². The highest BCUT2D eigenvalue weighted by Crippen LogP contribution is 2.42. The van der Waals surface area contributed by atoms with Crippen LogP contribution in [0.15, 0.2) is 35.1 Å². The second-order valence-electron chi connectivity index (χ2n) is 4.82. The number of thiophene rings is 1. The molecule has 3 aromatic rings. The first-order chi connectivity index (χ1) is 10.7. The number of halogens is 1. The summed E-state index contributed by atoms with van der Waals surface area (Å²) >= 11 is 5.21. The molecule has 22 heavy (non-hydrogen) atoms. The normalized spacial score (nSPS) is 11.1. The number of anilines is 1. The quantitative estimate of drug-likeness (QED) is 0.618. The fraction of sp³-hybridized carbons (Fsp3) is 0.250. The van der Waals surface area contributed by atoms with Gasteiger partial charge in [-0.25, -0.2) is 15.0 Å². The van der Waals surface area contributed by atoms with Gasteiger partial charge in [0.05, 0.1) is 12.5 Å². The smallest absolute Gasteiger partial charge is 0.164 e. The van der Waals surface area contributed by atoms with E-state index >= 15 is 0 Å². The van der Waals surface area contributed by atoms with Crippen LogP contribution in [0.2, 0.25) is 0 Å². The number of benzene rings is 1. The van der Waals surface area contributed by atoms with Crippen molar-refractivity contribution < 1.29 is 4.84 Å². The van der Waals surface area contributed by atoms with Crippen LogP contribution in [-0.2, 0) is 11.3 Å². The van der Waals surface area contributed by atoms with Gasteiger partial charge < -0.3 is 0 Å². The van der Waals surface area contributed by atoms with Crippen molar-refractivity contribution in [2.24, 2.45) is 0 Å². The van der Waals surface area contributed by atoms with E-state index < -0.39 is 0 Å². The molecule has 2 aromatic heterocycles. The summed E-state index contributed by atoms with van der Waals surface area (Å²) < 4.78 is 1.07. The van der Waals surface area contributed by atoms with Crippen molar-refractivity contribution in [1.29, 1.82) is 0 Å². The molecule has 0 aliphatic heterocycles. The van der Waals surface area contributed by atoms with Gasteiger partial charge in [0.15, 0.2) is 5.82 Å². The minimum Gasteiger partial charge on any atom is -0.276 e. The van der Waals surface area contributed by atoms with Gasteiger partial charge in [0.25, 0.3) is 0 Å². The molecule has 2 heterocycles. The Labute approximate surface area is 141 Å². The molecule has 0 unspecified atom stereocenters. The summed E-state index contributed by atoms with van der Waals surface area (Å²) in [5.74, 6) is 0.793. The first-order valence-electron chi connectivity index (χ1n) is 6.95. The van der Waals surface area contributed by atoms with E-state index in [0.29, 0.717) is 0 Å². The lowest BCUT2D eigenvalue weighted by atomic mass is 10.0. The van der Waals surface area contributed by atoms with E-state index in [1.165, 1.54) is 16.0 Å². The SMILES string of the molecule is CCc1sc2ncnc(N(C)OC)c2c1-c1ccc(Br)cc1. The predicted molar refractivity (Wildman–Crippen MR) is 95.3 cm³/mol. The highest BCUT2D eigenvalue weighted by atomic mass is 79.9. The summed E-state index contributed by atoms with van der Waals surface area (Å²) in [5.41, 5.74) is 2.38. The minimum atomic E-state index is 0.793. The second-order valence-corrected chi connectivity index (χ2v) is 6.82. The van der Waals surface area contributed by atoms with Gasteiger partial charge in [-0.1, -0.05) is 35.0 Å². The maximum Gasteiger partial charge on any atom is 0.164 e. The summed E-state index contributed by atoms with van der Waals surface area (Å²) in [6, 6.07) is 8.35. The average Bonchev–Trinajstić information content (AvgIpc) is 2.93. The zero-order chi connectivity index (χ0) is 15.7. The molecular weight excluding hydrogens is 362 g/mol. The summed E-state index contributed by atoms with van der Waals surface area (Å²) in [7, 11) is 3.50. The minimum absolute atomic E-state index is 0.793. The van der Waals surface area contributed by atoms with Crippen LogP contribution in [0.3, 0.4) is 0 Å². The molecule has 0 saturated heterocycles. The molecule has 0 radical (unpaired) electrons. The van der Waals surface area contributed by atoms with Crippen molar-refractivity contribution in [2.45, 2.75) is 13.3 Å². The third-order valence-corrected chi connectivity index (χ3v) is 5.34. The molecule has 0 aliphatic rings. The van der Waals surface area contributed by atoms with Gasteiger partial charge in [0.2, 0.25) is 0 Å². The average molecular weight is 378 g/mol. The van der Waals surface area contributed by atoms with Gasteiger partial charge >= 0.3 is 0 Å². The van der Waals surface area contributed by atoms with Crippen LogP contribution in [0.25, 0.3) is 21.3 Å². The van der Waals surface area contributed by atoms with Crippen molar-refractivity contribution in [3.63, 3.8) is 0 Å². The van der Waals surface area contributed by atoms with E-state index in [9.17, 15) is 0 Å². The molecule has 0 N–H and O–H groups in total. The Morgan fingerprint density at radius 1 is 1.23 bits per heavy atom. The van der Waals surface area contributed by atoms with Gasteiger partial charge in [0, 0.05) is 22.0 Å². The third kappa shape index (κ3) is 2.62. The second kappa shape index (κ2) is 6.32. The Hall–Kier alpha value is -1.50. The van der Waals surface area contributed by atoms with Crippen LogP contribution in [0.4, 0.5) is 5.82 Å². The predicted octanol–water partition coefficient (Wildman–Crippen LogP) is 4.68. The fourth-order valence-electron chi connectivity index (χ4n) is 2.46. The summed E-state index contributed by atoms with van der Waals surface area (Å²) in [5, 5.41) is 2.73. The summed E-state index contributed by atoms with van der Waals surface area (Å²) in [6.07, 6.45) is 2.55. The fourth-order valence-corrected chi connectivity index (χ4v) is 3.82. The Kier molecular flexibility index (Phi) is 4.42. The number of hydroxylamine groups is 1. The third-order valence-electron chi connectivity index (χ3n) is 3.57. The first-order valence-corrected chi connectivity index (χ1v) is 8.56. The van der Waals surface area contributed by atoms with Crippen LogP contribution >= 0.6 is 27.3 Å². The Morgan fingerprint density at radius 3 is 2.59 bits per heavy atom. The molecule has 0 aliphatic carbocycles. The largest absolute Gasteiger partial charge is 0.276 e.